The molecule has 1 aromatic heterocycles. The van der Waals surface area contributed by atoms with Crippen molar-refractivity contribution in [3.05, 3.63) is 193 Å². The van der Waals surface area contributed by atoms with Gasteiger partial charge in [-0.1, -0.05) is 130 Å². The molecule has 0 amide bonds. The first-order valence-corrected chi connectivity index (χ1v) is 23.7. The molecule has 4 bridgehead atoms. The summed E-state index contributed by atoms with van der Waals surface area (Å²) in [5.41, 5.74) is 11.5. The van der Waals surface area contributed by atoms with Gasteiger partial charge in [0, 0.05) is 50.6 Å². The van der Waals surface area contributed by atoms with Gasteiger partial charge in [0.1, 0.15) is 0 Å². The van der Waals surface area contributed by atoms with E-state index in [0.29, 0.717) is 28.2 Å². The average Bonchev–Trinajstić information content (AvgIpc) is 3.77. The zero-order valence-corrected chi connectivity index (χ0v) is 37.4. The second kappa shape index (κ2) is 14.1. The Hall–Kier alpha value is -6.78. The molecule has 4 aliphatic carbocycles. The molecule has 66 heavy (non-hydrogen) atoms. The molecule has 4 fully saturated rings. The molecule has 2 aliphatic heterocycles. The van der Waals surface area contributed by atoms with Gasteiger partial charge in [-0.3, -0.25) is 0 Å². The van der Waals surface area contributed by atoms with Crippen molar-refractivity contribution in [2.75, 3.05) is 9.80 Å². The van der Waals surface area contributed by atoms with Crippen LogP contribution in [0, 0.1) is 17.8 Å². The van der Waals surface area contributed by atoms with E-state index < -0.39 is 48.4 Å². The first kappa shape index (κ1) is 29.7. The Labute approximate surface area is 403 Å². The van der Waals surface area contributed by atoms with Crippen LogP contribution in [0.25, 0.3) is 38.6 Å². The maximum Gasteiger partial charge on any atom is 0.252 e. The molecule has 0 atom stereocenters. The highest BCUT2D eigenvalue weighted by molar-refractivity contribution is 7.00. The third kappa shape index (κ3) is 5.70. The zero-order valence-electron chi connectivity index (χ0n) is 47.4. The number of rotatable bonds is 5. The van der Waals surface area contributed by atoms with Crippen LogP contribution in [0.15, 0.2) is 182 Å². The quantitative estimate of drug-likeness (QED) is 0.160. The molecule has 15 rings (SSSR count). The molecular formula is C62H54BN3. The van der Waals surface area contributed by atoms with Crippen LogP contribution in [0.5, 0.6) is 0 Å². The summed E-state index contributed by atoms with van der Waals surface area (Å²) in [5.74, 6) is 2.42. The summed E-state index contributed by atoms with van der Waals surface area (Å²) < 4.78 is 94.0. The highest BCUT2D eigenvalue weighted by Gasteiger charge is 2.52. The number of fused-ring (bicyclic) bond motifs is 7. The molecule has 0 saturated heterocycles. The Morgan fingerprint density at radius 2 is 1.14 bits per heavy atom. The first-order valence-electron chi connectivity index (χ1n) is 28.7. The fraction of sp³-hybridized carbons (Fsp3) is 0.226. The van der Waals surface area contributed by atoms with Crippen LogP contribution in [-0.4, -0.2) is 11.3 Å². The van der Waals surface area contributed by atoms with E-state index in [-0.39, 0.29) is 41.0 Å². The largest absolute Gasteiger partial charge is 0.311 e. The van der Waals surface area contributed by atoms with Crippen molar-refractivity contribution in [2.24, 2.45) is 17.8 Å². The van der Waals surface area contributed by atoms with Crippen molar-refractivity contribution in [3.63, 3.8) is 0 Å². The molecule has 0 radical (unpaired) electrons. The molecule has 0 spiro atoms. The summed E-state index contributed by atoms with van der Waals surface area (Å²) in [5, 5.41) is 2.34. The Kier molecular flexibility index (Phi) is 6.35. The molecule has 0 unspecified atom stereocenters. The van der Waals surface area contributed by atoms with Gasteiger partial charge in [0.2, 0.25) is 0 Å². The van der Waals surface area contributed by atoms with Crippen LogP contribution in [0.4, 0.5) is 34.1 Å². The van der Waals surface area contributed by atoms with E-state index in [1.807, 2.05) is 53.4 Å². The number of anilines is 6. The first-order chi connectivity index (χ1) is 36.4. The van der Waals surface area contributed by atoms with Crippen LogP contribution >= 0.6 is 0 Å². The molecule has 4 saturated carbocycles. The molecule has 3 heterocycles. The van der Waals surface area contributed by atoms with Gasteiger partial charge in [0.05, 0.1) is 24.7 Å². The Balaban J connectivity index is 1.08. The SMILES string of the molecule is [2H]c1c([2H])c([2H])c(N2c3ccc(-c4ccccc4)cc3B3c4ccc(-n5c6ccccc6c6cc(C78CC9CC(CC(C9)C7)C8)ccc65)cc4N(c4c([2H])c([2H])c([2H])c([2H])c4[2H])c4cc(C(C)(C)C)cc2c43)c([2H])c1[2H]. The number of benzene rings is 8. The topological polar surface area (TPSA) is 11.4 Å². The standard InChI is InChI=1S/C62H54BN3/c1-61(2,3)46-34-58-60-59(35-46)65(48-19-11-6-12-20-48)57-36-49(25-26-52(57)63(60)53-32-44(43-15-7-4-8-16-43)23-27-56(53)64(58)47-17-9-5-10-18-47)66-54-22-14-13-21-50(54)51-33-45(24-28-55(51)66)62-37-40-29-41(38-62)31-42(30-40)39-62/h4-28,32-36,40-42H,29-31,37-39H2,1-3H3/i5D,6D,9D,10D,11D,12D,17D,18D,19D,20D. The van der Waals surface area contributed by atoms with Crippen molar-refractivity contribution in [2.45, 2.75) is 70.1 Å². The van der Waals surface area contributed by atoms with E-state index in [4.69, 9.17) is 8.22 Å². The maximum atomic E-state index is 9.67. The summed E-state index contributed by atoms with van der Waals surface area (Å²) in [6, 6.07) is 38.1. The van der Waals surface area contributed by atoms with Crippen molar-refractivity contribution in [1.29, 1.82) is 0 Å². The summed E-state index contributed by atoms with van der Waals surface area (Å²) in [7, 11) is 0. The number of aromatic nitrogens is 1. The summed E-state index contributed by atoms with van der Waals surface area (Å²) in [6.07, 6.45) is 7.91. The van der Waals surface area contributed by atoms with E-state index in [0.717, 1.165) is 67.5 Å². The predicted molar refractivity (Wildman–Crippen MR) is 279 cm³/mol. The lowest BCUT2D eigenvalue weighted by Gasteiger charge is -2.57. The monoisotopic (exact) mass is 862 g/mol. The maximum absolute atomic E-state index is 9.67. The number of hydrogen-bond donors (Lipinski definition) is 0. The van der Waals surface area contributed by atoms with Crippen molar-refractivity contribution < 1.29 is 13.7 Å². The Morgan fingerprint density at radius 3 is 1.80 bits per heavy atom. The smallest absolute Gasteiger partial charge is 0.252 e. The van der Waals surface area contributed by atoms with Gasteiger partial charge in [-0.05, 0) is 178 Å². The Morgan fingerprint density at radius 1 is 0.515 bits per heavy atom. The fourth-order valence-electron chi connectivity index (χ4n) is 13.6. The van der Waals surface area contributed by atoms with Crippen LogP contribution in [0.3, 0.4) is 0 Å². The van der Waals surface area contributed by atoms with Crippen molar-refractivity contribution in [3.8, 4) is 16.8 Å². The minimum atomic E-state index is -0.537. The highest BCUT2D eigenvalue weighted by atomic mass is 15.2. The van der Waals surface area contributed by atoms with Crippen LogP contribution in [-0.2, 0) is 10.8 Å². The van der Waals surface area contributed by atoms with E-state index in [1.165, 1.54) is 49.5 Å². The molecule has 4 heteroatoms. The third-order valence-corrected chi connectivity index (χ3v) is 16.0. The number of nitrogens with zero attached hydrogens (tertiary/aromatic N) is 3. The van der Waals surface area contributed by atoms with Gasteiger partial charge >= 0.3 is 0 Å². The van der Waals surface area contributed by atoms with Gasteiger partial charge in [0.25, 0.3) is 6.71 Å². The van der Waals surface area contributed by atoms with E-state index >= 15 is 0 Å². The van der Waals surface area contributed by atoms with Crippen LogP contribution in [0.1, 0.15) is 84.1 Å². The fourth-order valence-corrected chi connectivity index (χ4v) is 13.6. The number of hydrogen-bond acceptors (Lipinski definition) is 2. The minimum absolute atomic E-state index is 0.0142. The van der Waals surface area contributed by atoms with E-state index in [9.17, 15) is 5.48 Å². The van der Waals surface area contributed by atoms with Gasteiger partial charge in [-0.2, -0.15) is 0 Å². The molecule has 6 aliphatic rings. The summed E-state index contributed by atoms with van der Waals surface area (Å²) >= 11 is 0. The summed E-state index contributed by atoms with van der Waals surface area (Å²) in [6.45, 7) is 5.70. The highest BCUT2D eigenvalue weighted by Crippen LogP contribution is 2.61. The van der Waals surface area contributed by atoms with Gasteiger partial charge in [0.15, 0.2) is 0 Å². The second-order valence-electron chi connectivity index (χ2n) is 20.9. The van der Waals surface area contributed by atoms with Crippen LogP contribution in [0.2, 0.25) is 0 Å². The van der Waals surface area contributed by atoms with Crippen LogP contribution < -0.4 is 26.2 Å². The molecule has 9 aromatic rings. The average molecular weight is 862 g/mol. The normalized spacial score (nSPS) is 23.4. The molecule has 0 N–H and O–H groups in total. The van der Waals surface area contributed by atoms with Gasteiger partial charge in [-0.25, -0.2) is 0 Å². The lowest BCUT2D eigenvalue weighted by Crippen LogP contribution is -2.61. The third-order valence-electron chi connectivity index (χ3n) is 16.0. The van der Waals surface area contributed by atoms with Crippen molar-refractivity contribution in [1.82, 2.24) is 4.57 Å². The lowest BCUT2D eigenvalue weighted by molar-refractivity contribution is -0.00512. The second-order valence-corrected chi connectivity index (χ2v) is 20.9. The summed E-state index contributed by atoms with van der Waals surface area (Å²) in [4.78, 5) is 3.64. The van der Waals surface area contributed by atoms with E-state index in [2.05, 4.69) is 98.1 Å². The molecular weight excluding hydrogens is 798 g/mol. The molecule has 3 nitrogen and oxygen atoms in total. The van der Waals surface area contributed by atoms with E-state index in [1.54, 1.807) is 4.90 Å². The zero-order chi connectivity index (χ0) is 52.6. The number of para-hydroxylation sites is 3. The molecule has 8 aromatic carbocycles. The van der Waals surface area contributed by atoms with Crippen molar-refractivity contribution >= 4 is 79.0 Å². The van der Waals surface area contributed by atoms with Gasteiger partial charge < -0.3 is 14.4 Å². The molecule has 320 valence electrons. The Bertz CT molecular complexity index is 3920. The van der Waals surface area contributed by atoms with Gasteiger partial charge in [-0.15, -0.1) is 0 Å². The lowest BCUT2D eigenvalue weighted by atomic mass is 9.33. The minimum Gasteiger partial charge on any atom is -0.311 e. The predicted octanol–water partition coefficient (Wildman–Crippen LogP) is 14.3.